The second kappa shape index (κ2) is 5.92. The highest BCUT2D eigenvalue weighted by molar-refractivity contribution is 6.03. The number of carboxylic acids is 1. The van der Waals surface area contributed by atoms with Crippen molar-refractivity contribution in [2.24, 2.45) is 0 Å². The van der Waals surface area contributed by atoms with Crippen molar-refractivity contribution in [3.8, 4) is 17.1 Å². The Bertz CT molecular complexity index is 880. The van der Waals surface area contributed by atoms with Crippen LogP contribution < -0.4 is 4.74 Å². The van der Waals surface area contributed by atoms with Gasteiger partial charge in [0.1, 0.15) is 22.9 Å². The standard InChI is InChI=1S/C17H11FO5/c18-11-3-1-10(2-4-11)17-14(8-19)13-7-12(22-9-16(20)21)5-6-15(13)23-17/h1-8H,9H2,(H,20,21). The van der Waals surface area contributed by atoms with Gasteiger partial charge in [0, 0.05) is 10.9 Å². The molecule has 0 atom stereocenters. The van der Waals surface area contributed by atoms with Crippen LogP contribution in [0.1, 0.15) is 10.4 Å². The molecule has 1 heterocycles. The van der Waals surface area contributed by atoms with Crippen LogP contribution in [-0.4, -0.2) is 24.0 Å². The Morgan fingerprint density at radius 3 is 2.61 bits per heavy atom. The number of aliphatic carboxylic acids is 1. The fourth-order valence-corrected chi connectivity index (χ4v) is 2.26. The normalized spacial score (nSPS) is 10.7. The first-order valence-corrected chi connectivity index (χ1v) is 6.71. The van der Waals surface area contributed by atoms with Gasteiger partial charge in [-0.2, -0.15) is 0 Å². The predicted octanol–water partition coefficient (Wildman–Crippen LogP) is 3.51. The lowest BCUT2D eigenvalue weighted by Crippen LogP contribution is -2.09. The molecule has 2 aromatic carbocycles. The number of hydrogen-bond acceptors (Lipinski definition) is 4. The third kappa shape index (κ3) is 2.91. The Balaban J connectivity index is 2.08. The number of benzene rings is 2. The number of carboxylic acid groups (broad SMARTS) is 1. The Morgan fingerprint density at radius 2 is 1.96 bits per heavy atom. The molecule has 3 rings (SSSR count). The van der Waals surface area contributed by atoms with Crippen molar-refractivity contribution >= 4 is 23.2 Å². The van der Waals surface area contributed by atoms with Gasteiger partial charge in [-0.1, -0.05) is 0 Å². The highest BCUT2D eigenvalue weighted by atomic mass is 19.1. The molecule has 0 aliphatic heterocycles. The highest BCUT2D eigenvalue weighted by Crippen LogP contribution is 2.34. The van der Waals surface area contributed by atoms with Gasteiger partial charge >= 0.3 is 5.97 Å². The third-order valence-corrected chi connectivity index (χ3v) is 3.28. The predicted molar refractivity (Wildman–Crippen MR) is 80.1 cm³/mol. The summed E-state index contributed by atoms with van der Waals surface area (Å²) in [6, 6.07) is 10.3. The van der Waals surface area contributed by atoms with Crippen LogP contribution in [0.25, 0.3) is 22.3 Å². The van der Waals surface area contributed by atoms with Crippen LogP contribution in [0.5, 0.6) is 5.75 Å². The zero-order chi connectivity index (χ0) is 16.4. The van der Waals surface area contributed by atoms with E-state index in [1.807, 2.05) is 0 Å². The second-order valence-electron chi connectivity index (χ2n) is 4.81. The summed E-state index contributed by atoms with van der Waals surface area (Å²) < 4.78 is 23.8. The number of halogens is 1. The third-order valence-electron chi connectivity index (χ3n) is 3.28. The molecule has 0 amide bonds. The molecule has 0 aliphatic carbocycles. The van der Waals surface area contributed by atoms with Crippen LogP contribution in [0, 0.1) is 5.82 Å². The molecule has 0 aliphatic rings. The fraction of sp³-hybridized carbons (Fsp3) is 0.0588. The van der Waals surface area contributed by atoms with Gasteiger partial charge in [-0.05, 0) is 42.5 Å². The summed E-state index contributed by atoms with van der Waals surface area (Å²) in [7, 11) is 0. The van der Waals surface area contributed by atoms with Crippen molar-refractivity contribution in [1.82, 2.24) is 0 Å². The Hall–Kier alpha value is -3.15. The Labute approximate surface area is 129 Å². The molecule has 0 saturated carbocycles. The maximum Gasteiger partial charge on any atom is 0.341 e. The molecule has 1 N–H and O–H groups in total. The van der Waals surface area contributed by atoms with E-state index in [1.54, 1.807) is 18.2 Å². The van der Waals surface area contributed by atoms with Gasteiger partial charge in [0.15, 0.2) is 12.9 Å². The Morgan fingerprint density at radius 1 is 1.22 bits per heavy atom. The van der Waals surface area contributed by atoms with Crippen LogP contribution in [0.2, 0.25) is 0 Å². The molecule has 6 heteroatoms. The van der Waals surface area contributed by atoms with Gasteiger partial charge in [0.25, 0.3) is 0 Å². The van der Waals surface area contributed by atoms with E-state index in [1.165, 1.54) is 24.3 Å². The molecule has 1 aromatic heterocycles. The summed E-state index contributed by atoms with van der Waals surface area (Å²) in [6.07, 6.45) is 0.644. The number of furan rings is 1. The van der Waals surface area contributed by atoms with Crippen LogP contribution in [0.15, 0.2) is 46.9 Å². The van der Waals surface area contributed by atoms with Crippen molar-refractivity contribution in [1.29, 1.82) is 0 Å². The zero-order valence-corrected chi connectivity index (χ0v) is 11.8. The molecule has 0 fully saturated rings. The first-order chi connectivity index (χ1) is 11.1. The largest absolute Gasteiger partial charge is 0.482 e. The summed E-state index contributed by atoms with van der Waals surface area (Å²) >= 11 is 0. The van der Waals surface area contributed by atoms with E-state index in [4.69, 9.17) is 14.3 Å². The molecule has 0 saturated heterocycles. The van der Waals surface area contributed by atoms with E-state index >= 15 is 0 Å². The topological polar surface area (TPSA) is 76.7 Å². The van der Waals surface area contributed by atoms with Gasteiger partial charge in [0.2, 0.25) is 0 Å². The number of rotatable bonds is 5. The van der Waals surface area contributed by atoms with Crippen LogP contribution in [0.3, 0.4) is 0 Å². The van der Waals surface area contributed by atoms with E-state index in [0.717, 1.165) is 0 Å². The SMILES string of the molecule is O=Cc1c(-c2ccc(F)cc2)oc2ccc(OCC(=O)O)cc12. The molecule has 0 unspecified atom stereocenters. The maximum atomic E-state index is 13.0. The van der Waals surface area contributed by atoms with Crippen molar-refractivity contribution in [3.63, 3.8) is 0 Å². The number of hydrogen-bond donors (Lipinski definition) is 1. The van der Waals surface area contributed by atoms with E-state index < -0.39 is 12.6 Å². The van der Waals surface area contributed by atoms with Crippen LogP contribution in [0.4, 0.5) is 4.39 Å². The minimum Gasteiger partial charge on any atom is -0.482 e. The van der Waals surface area contributed by atoms with E-state index in [9.17, 15) is 14.0 Å². The van der Waals surface area contributed by atoms with Crippen molar-refractivity contribution in [2.45, 2.75) is 0 Å². The average molecular weight is 314 g/mol. The molecule has 3 aromatic rings. The van der Waals surface area contributed by atoms with Gasteiger partial charge in [-0.25, -0.2) is 9.18 Å². The lowest BCUT2D eigenvalue weighted by atomic mass is 10.1. The lowest BCUT2D eigenvalue weighted by molar-refractivity contribution is -0.139. The first-order valence-electron chi connectivity index (χ1n) is 6.71. The van der Waals surface area contributed by atoms with Crippen LogP contribution in [-0.2, 0) is 4.79 Å². The van der Waals surface area contributed by atoms with Gasteiger partial charge in [-0.3, -0.25) is 4.79 Å². The number of ether oxygens (including phenoxy) is 1. The van der Waals surface area contributed by atoms with Gasteiger partial charge in [0.05, 0.1) is 5.56 Å². The second-order valence-corrected chi connectivity index (χ2v) is 4.81. The fourth-order valence-electron chi connectivity index (χ4n) is 2.26. The average Bonchev–Trinajstić information content (AvgIpc) is 2.91. The smallest absolute Gasteiger partial charge is 0.341 e. The minimum atomic E-state index is -1.10. The number of carbonyl (C=O) groups excluding carboxylic acids is 1. The van der Waals surface area contributed by atoms with Gasteiger partial charge < -0.3 is 14.3 Å². The van der Waals surface area contributed by atoms with Crippen molar-refractivity contribution in [2.75, 3.05) is 6.61 Å². The summed E-state index contributed by atoms with van der Waals surface area (Å²) in [5.41, 5.74) is 1.32. The quantitative estimate of drug-likeness (QED) is 0.729. The molecule has 23 heavy (non-hydrogen) atoms. The minimum absolute atomic E-state index is 0.299. The van der Waals surface area contributed by atoms with Crippen molar-refractivity contribution < 1.29 is 28.2 Å². The summed E-state index contributed by atoms with van der Waals surface area (Å²) in [4.78, 5) is 22.0. The summed E-state index contributed by atoms with van der Waals surface area (Å²) in [5, 5.41) is 9.14. The van der Waals surface area contributed by atoms with Crippen molar-refractivity contribution in [3.05, 3.63) is 53.8 Å². The molecule has 0 bridgehead atoms. The summed E-state index contributed by atoms with van der Waals surface area (Å²) in [6.45, 7) is -0.482. The summed E-state index contributed by atoms with van der Waals surface area (Å²) in [5.74, 6) is -0.846. The van der Waals surface area contributed by atoms with E-state index in [0.29, 0.717) is 39.9 Å². The zero-order valence-electron chi connectivity index (χ0n) is 11.8. The van der Waals surface area contributed by atoms with E-state index in [2.05, 4.69) is 0 Å². The molecule has 116 valence electrons. The van der Waals surface area contributed by atoms with E-state index in [-0.39, 0.29) is 5.82 Å². The van der Waals surface area contributed by atoms with Gasteiger partial charge in [-0.15, -0.1) is 0 Å². The molecular formula is C17H11FO5. The molecule has 0 spiro atoms. The lowest BCUT2D eigenvalue weighted by Gasteiger charge is -2.02. The molecule has 5 nitrogen and oxygen atoms in total. The maximum absolute atomic E-state index is 13.0. The first kappa shape index (κ1) is 14.8. The molecular weight excluding hydrogens is 303 g/mol. The van der Waals surface area contributed by atoms with Crippen LogP contribution >= 0.6 is 0 Å². The number of aldehydes is 1. The Kier molecular flexibility index (Phi) is 3.80. The highest BCUT2D eigenvalue weighted by Gasteiger charge is 2.16. The molecule has 0 radical (unpaired) electrons. The monoisotopic (exact) mass is 314 g/mol. The number of fused-ring (bicyclic) bond motifs is 1. The number of carbonyl (C=O) groups is 2.